The molecule has 0 bridgehead atoms. The van der Waals surface area contributed by atoms with Crippen molar-refractivity contribution >= 4 is 11.1 Å². The number of rotatable bonds is 9. The normalized spacial score (nSPS) is 17.8. The van der Waals surface area contributed by atoms with Crippen molar-refractivity contribution in [3.8, 4) is 17.4 Å². The number of hydrogen-bond acceptors (Lipinski definition) is 5. The van der Waals surface area contributed by atoms with Gasteiger partial charge in [-0.1, -0.05) is 12.1 Å². The largest absolute Gasteiger partial charge is 0.508 e. The summed E-state index contributed by atoms with van der Waals surface area (Å²) in [5.41, 5.74) is 4.87. The molecule has 9 heteroatoms. The number of ether oxygens (including phenoxy) is 2. The Morgan fingerprint density at radius 1 is 1.05 bits per heavy atom. The van der Waals surface area contributed by atoms with Crippen molar-refractivity contribution in [3.05, 3.63) is 82.8 Å². The number of nitrogens with zero attached hydrogens (tertiary/aromatic N) is 2. The second-order valence-corrected chi connectivity index (χ2v) is 9.83. The molecule has 39 heavy (non-hydrogen) atoms. The van der Waals surface area contributed by atoms with Crippen molar-refractivity contribution < 1.29 is 32.1 Å². The van der Waals surface area contributed by atoms with Crippen LogP contribution in [-0.4, -0.2) is 54.0 Å². The van der Waals surface area contributed by atoms with Crippen LogP contribution in [0.4, 0.5) is 17.6 Å². The number of pyridine rings is 1. The van der Waals surface area contributed by atoms with Gasteiger partial charge in [-0.05, 0) is 90.3 Å². The molecule has 3 aromatic rings. The highest BCUT2D eigenvalue weighted by Gasteiger charge is 2.25. The van der Waals surface area contributed by atoms with Gasteiger partial charge in [-0.3, -0.25) is 9.29 Å². The van der Waals surface area contributed by atoms with E-state index in [1.165, 1.54) is 12.1 Å². The lowest BCUT2D eigenvalue weighted by Crippen LogP contribution is -2.26. The van der Waals surface area contributed by atoms with Gasteiger partial charge in [0.15, 0.2) is 11.6 Å². The third kappa shape index (κ3) is 6.36. The molecule has 1 atom stereocenters. The minimum atomic E-state index is -3.12. The number of aryl methyl sites for hydroxylation is 1. The number of phenolic OH excluding ortho intramolecular Hbond substituents is 1. The van der Waals surface area contributed by atoms with Gasteiger partial charge in [-0.2, -0.15) is 8.78 Å². The average molecular weight is 543 g/mol. The molecule has 2 aliphatic rings. The fourth-order valence-corrected chi connectivity index (χ4v) is 5.42. The van der Waals surface area contributed by atoms with Crippen LogP contribution < -0.4 is 9.47 Å². The van der Waals surface area contributed by atoms with Crippen molar-refractivity contribution in [1.82, 2.24) is 9.88 Å². The minimum Gasteiger partial charge on any atom is -0.508 e. The summed E-state index contributed by atoms with van der Waals surface area (Å²) in [7, 11) is 0. The van der Waals surface area contributed by atoms with E-state index in [9.17, 15) is 22.7 Å². The van der Waals surface area contributed by atoms with Gasteiger partial charge >= 0.3 is 6.61 Å². The maximum atomic E-state index is 14.7. The highest BCUT2D eigenvalue weighted by atomic mass is 19.3. The molecule has 0 unspecified atom stereocenters. The van der Waals surface area contributed by atoms with Gasteiger partial charge in [0.05, 0.1) is 6.67 Å². The van der Waals surface area contributed by atoms with Crippen LogP contribution in [-0.2, 0) is 6.42 Å². The summed E-state index contributed by atoms with van der Waals surface area (Å²) in [4.78, 5) is 6.74. The van der Waals surface area contributed by atoms with Crippen LogP contribution in [0.15, 0.2) is 54.7 Å². The number of phenols is 1. The highest BCUT2D eigenvalue weighted by molar-refractivity contribution is 5.99. The minimum absolute atomic E-state index is 0.0173. The zero-order valence-corrected chi connectivity index (χ0v) is 21.4. The Labute approximate surface area is 224 Å². The summed E-state index contributed by atoms with van der Waals surface area (Å²) in [5.74, 6) is -0.727. The molecule has 1 aliphatic heterocycles. The third-order valence-corrected chi connectivity index (χ3v) is 7.18. The van der Waals surface area contributed by atoms with E-state index in [1.54, 1.807) is 30.5 Å². The van der Waals surface area contributed by atoms with Crippen LogP contribution >= 0.6 is 0 Å². The van der Waals surface area contributed by atoms with Crippen LogP contribution in [0, 0.1) is 5.82 Å². The molecule has 1 N–H and O–H groups in total. The van der Waals surface area contributed by atoms with E-state index >= 15 is 0 Å². The van der Waals surface area contributed by atoms with Gasteiger partial charge in [0.1, 0.15) is 11.9 Å². The van der Waals surface area contributed by atoms with Gasteiger partial charge in [0.2, 0.25) is 5.88 Å². The number of aromatic hydroxyl groups is 1. The Bertz CT molecular complexity index is 1330. The van der Waals surface area contributed by atoms with Crippen molar-refractivity contribution in [2.24, 2.45) is 0 Å². The van der Waals surface area contributed by atoms with Crippen LogP contribution in [0.5, 0.6) is 17.4 Å². The third-order valence-electron chi connectivity index (χ3n) is 7.18. The predicted octanol–water partition coefficient (Wildman–Crippen LogP) is 6.64. The zero-order chi connectivity index (χ0) is 27.4. The monoisotopic (exact) mass is 542 g/mol. The fraction of sp³-hybridized carbons (Fsp3) is 0.367. The number of allylic oxidation sites excluding steroid dienone is 1. The lowest BCUT2D eigenvalue weighted by Gasteiger charge is -2.18. The molecule has 5 nitrogen and oxygen atoms in total. The maximum Gasteiger partial charge on any atom is 0.387 e. The van der Waals surface area contributed by atoms with E-state index < -0.39 is 18.2 Å². The summed E-state index contributed by atoms with van der Waals surface area (Å²) in [5, 5.41) is 10.1. The van der Waals surface area contributed by atoms with Gasteiger partial charge < -0.3 is 14.6 Å². The van der Waals surface area contributed by atoms with Gasteiger partial charge in [0.25, 0.3) is 0 Å². The Balaban J connectivity index is 1.48. The molecule has 206 valence electrons. The Morgan fingerprint density at radius 3 is 2.64 bits per heavy atom. The van der Waals surface area contributed by atoms with Gasteiger partial charge in [-0.15, -0.1) is 0 Å². The smallest absolute Gasteiger partial charge is 0.387 e. The number of halogens is 4. The summed E-state index contributed by atoms with van der Waals surface area (Å²) in [6.07, 6.45) is 5.13. The van der Waals surface area contributed by atoms with E-state index in [2.05, 4.69) is 14.6 Å². The summed E-state index contributed by atoms with van der Waals surface area (Å²) >= 11 is 0. The topological polar surface area (TPSA) is 54.8 Å². The number of benzene rings is 2. The first-order valence-corrected chi connectivity index (χ1v) is 13.1. The average Bonchev–Trinajstić information content (AvgIpc) is 3.27. The van der Waals surface area contributed by atoms with E-state index in [0.717, 1.165) is 53.8 Å². The lowest BCUT2D eigenvalue weighted by atomic mass is 9.88. The molecule has 0 amide bonds. The van der Waals surface area contributed by atoms with Gasteiger partial charge in [0, 0.05) is 37.5 Å². The number of alkyl halides is 3. The molecule has 5 rings (SSSR count). The van der Waals surface area contributed by atoms with E-state index in [1.807, 2.05) is 12.1 Å². The first-order chi connectivity index (χ1) is 18.9. The Kier molecular flexibility index (Phi) is 8.35. The van der Waals surface area contributed by atoms with Gasteiger partial charge in [-0.25, -0.2) is 9.37 Å². The van der Waals surface area contributed by atoms with E-state index in [-0.39, 0.29) is 18.5 Å². The molecule has 1 saturated heterocycles. The quantitative estimate of drug-likeness (QED) is 0.308. The van der Waals surface area contributed by atoms with E-state index in [4.69, 9.17) is 4.74 Å². The standard InChI is InChI=1S/C30H30F4N2O3/c31-12-2-13-36-14-11-23(18-36)38-28-10-6-21(17-35-28)29-24(4-1-3-19-15-22(37)7-8-25(19)29)20-5-9-27(26(32)16-20)39-30(33)34/h5-10,15-17,23,30,37H,1-4,11-14,18H2/t23-/m0/s1. The molecular formula is C30H30F4N2O3. The van der Waals surface area contributed by atoms with Crippen LogP contribution in [0.25, 0.3) is 11.1 Å². The number of aromatic nitrogens is 1. The molecule has 0 saturated carbocycles. The molecule has 2 heterocycles. The van der Waals surface area contributed by atoms with Crippen molar-refractivity contribution in [2.45, 2.75) is 44.8 Å². The Hall–Kier alpha value is -3.59. The number of hydrogen-bond donors (Lipinski definition) is 1. The summed E-state index contributed by atoms with van der Waals surface area (Å²) in [6.45, 7) is -1.14. The lowest BCUT2D eigenvalue weighted by molar-refractivity contribution is -0.0521. The molecular weight excluding hydrogens is 512 g/mol. The molecule has 1 fully saturated rings. The van der Waals surface area contributed by atoms with E-state index in [0.29, 0.717) is 37.3 Å². The molecule has 1 aromatic heterocycles. The molecule has 2 aromatic carbocycles. The summed E-state index contributed by atoms with van der Waals surface area (Å²) < 4.78 is 62.9. The highest BCUT2D eigenvalue weighted by Crippen LogP contribution is 2.41. The number of fused-ring (bicyclic) bond motifs is 1. The SMILES string of the molecule is Oc1ccc2c(c1)CCCC(c1ccc(OC(F)F)c(F)c1)=C2c1ccc(O[C@H]2CCN(CCCF)C2)nc1. The first-order valence-electron chi connectivity index (χ1n) is 13.1. The van der Waals surface area contributed by atoms with Crippen LogP contribution in [0.1, 0.15) is 47.9 Å². The van der Waals surface area contributed by atoms with Crippen molar-refractivity contribution in [1.29, 1.82) is 0 Å². The zero-order valence-electron chi connectivity index (χ0n) is 21.4. The van der Waals surface area contributed by atoms with Crippen molar-refractivity contribution in [3.63, 3.8) is 0 Å². The first kappa shape index (κ1) is 27.0. The molecule has 0 radical (unpaired) electrons. The van der Waals surface area contributed by atoms with Crippen LogP contribution in [0.2, 0.25) is 0 Å². The number of likely N-dealkylation sites (tertiary alicyclic amines) is 1. The maximum absolute atomic E-state index is 14.7. The van der Waals surface area contributed by atoms with Crippen LogP contribution in [0.3, 0.4) is 0 Å². The predicted molar refractivity (Wildman–Crippen MR) is 140 cm³/mol. The second kappa shape index (κ2) is 12.1. The molecule has 1 aliphatic carbocycles. The molecule has 0 spiro atoms. The second-order valence-electron chi connectivity index (χ2n) is 9.83. The fourth-order valence-electron chi connectivity index (χ4n) is 5.42. The summed E-state index contributed by atoms with van der Waals surface area (Å²) in [6, 6.07) is 12.9. The van der Waals surface area contributed by atoms with Crippen molar-refractivity contribution in [2.75, 3.05) is 26.3 Å². The Morgan fingerprint density at radius 2 is 1.90 bits per heavy atom.